The summed E-state index contributed by atoms with van der Waals surface area (Å²) in [5.41, 5.74) is 6.24. The molecule has 1 aromatic heterocycles. The molecule has 0 aliphatic heterocycles. The number of carbonyl (C=O) groups is 3. The van der Waals surface area contributed by atoms with Crippen LogP contribution in [0.15, 0.2) is 79.0 Å². The molecule has 0 saturated heterocycles. The molecule has 0 saturated carbocycles. The Balaban J connectivity index is 1.17. The number of esters is 1. The average Bonchev–Trinajstić information content (AvgIpc) is 3.53. The van der Waals surface area contributed by atoms with Gasteiger partial charge in [0.15, 0.2) is 0 Å². The van der Waals surface area contributed by atoms with Crippen LogP contribution in [0.1, 0.15) is 29.0 Å². The van der Waals surface area contributed by atoms with Crippen LogP contribution in [0.2, 0.25) is 0 Å². The second-order valence-corrected chi connectivity index (χ2v) is 9.74. The summed E-state index contributed by atoms with van der Waals surface area (Å²) in [6.45, 7) is 0.238. The minimum atomic E-state index is -1.20. The van der Waals surface area contributed by atoms with Crippen LogP contribution in [0, 0.1) is 0 Å². The van der Waals surface area contributed by atoms with Gasteiger partial charge in [-0.15, -0.1) is 0 Å². The zero-order valence-electron chi connectivity index (χ0n) is 22.1. The third kappa shape index (κ3) is 5.69. The number of amides is 1. The van der Waals surface area contributed by atoms with E-state index in [4.69, 9.17) is 9.47 Å². The largest absolute Gasteiger partial charge is 0.480 e. The van der Waals surface area contributed by atoms with Gasteiger partial charge in [0, 0.05) is 29.4 Å². The number of methoxy groups -OCH3 is 1. The predicted molar refractivity (Wildman–Crippen MR) is 150 cm³/mol. The molecule has 40 heavy (non-hydrogen) atoms. The maximum atomic E-state index is 12.6. The number of H-pyrrole nitrogens is 1. The smallest absolute Gasteiger partial charge is 0.407 e. The molecular formula is C31H31N3O6. The van der Waals surface area contributed by atoms with Crippen molar-refractivity contribution in [3.8, 4) is 11.1 Å². The van der Waals surface area contributed by atoms with E-state index in [1.54, 1.807) is 0 Å². The molecule has 1 aliphatic carbocycles. The summed E-state index contributed by atoms with van der Waals surface area (Å²) in [4.78, 5) is 40.2. The highest BCUT2D eigenvalue weighted by Gasteiger charge is 2.30. The zero-order valence-corrected chi connectivity index (χ0v) is 22.1. The second-order valence-electron chi connectivity index (χ2n) is 9.74. The fraction of sp³-hybridized carbons (Fsp3) is 0.258. The lowest BCUT2D eigenvalue weighted by atomic mass is 9.98. The Kier molecular flexibility index (Phi) is 8.12. The molecule has 1 heterocycles. The lowest BCUT2D eigenvalue weighted by molar-refractivity contribution is -0.143. The number of carboxylic acid groups (broad SMARTS) is 1. The highest BCUT2D eigenvalue weighted by molar-refractivity contribution is 5.85. The molecule has 9 heteroatoms. The lowest BCUT2D eigenvalue weighted by Gasteiger charge is -2.19. The van der Waals surface area contributed by atoms with Gasteiger partial charge in [-0.3, -0.25) is 4.79 Å². The van der Waals surface area contributed by atoms with Crippen LogP contribution in [-0.4, -0.2) is 60.5 Å². The summed E-state index contributed by atoms with van der Waals surface area (Å²) >= 11 is 0. The van der Waals surface area contributed by atoms with Gasteiger partial charge in [-0.05, 0) is 46.8 Å². The van der Waals surface area contributed by atoms with Crippen LogP contribution in [0.3, 0.4) is 0 Å². The van der Waals surface area contributed by atoms with Crippen LogP contribution in [0.5, 0.6) is 0 Å². The standard InChI is InChI=1S/C31H31N3O6/c1-39-30(37)28(16-19-17-33-26-13-7-6-8-20(19)26)32-15-14-27(29(35)36)34-31(38)40-18-25-23-11-4-2-9-21(23)22-10-3-5-12-24(22)25/h2-13,17,25,27-28,32-33H,14-16,18H2,1H3,(H,34,38)(H,35,36)/t27?,28-/m0/s1. The Hall–Kier alpha value is -4.63. The first-order chi connectivity index (χ1) is 19.5. The normalized spacial score (nSPS) is 13.7. The van der Waals surface area contributed by atoms with Crippen LogP contribution >= 0.6 is 0 Å². The van der Waals surface area contributed by atoms with Crippen LogP contribution in [0.25, 0.3) is 22.0 Å². The van der Waals surface area contributed by atoms with Gasteiger partial charge in [0.2, 0.25) is 0 Å². The molecule has 0 radical (unpaired) electrons. The van der Waals surface area contributed by atoms with E-state index in [9.17, 15) is 19.5 Å². The van der Waals surface area contributed by atoms with E-state index in [0.29, 0.717) is 6.42 Å². The van der Waals surface area contributed by atoms with E-state index in [-0.39, 0.29) is 25.5 Å². The molecule has 1 unspecified atom stereocenters. The fourth-order valence-corrected chi connectivity index (χ4v) is 5.34. The molecule has 4 N–H and O–H groups in total. The van der Waals surface area contributed by atoms with E-state index in [2.05, 4.69) is 15.6 Å². The highest BCUT2D eigenvalue weighted by Crippen LogP contribution is 2.44. The predicted octanol–water partition coefficient (Wildman–Crippen LogP) is 4.22. The topological polar surface area (TPSA) is 130 Å². The van der Waals surface area contributed by atoms with Gasteiger partial charge in [0.1, 0.15) is 18.7 Å². The van der Waals surface area contributed by atoms with Crippen LogP contribution in [0.4, 0.5) is 4.79 Å². The monoisotopic (exact) mass is 541 g/mol. The van der Waals surface area contributed by atoms with Gasteiger partial charge in [0.25, 0.3) is 0 Å². The van der Waals surface area contributed by atoms with Gasteiger partial charge in [-0.2, -0.15) is 0 Å². The van der Waals surface area contributed by atoms with Crippen molar-refractivity contribution in [1.29, 1.82) is 0 Å². The molecule has 0 fully saturated rings. The van der Waals surface area contributed by atoms with Crippen molar-refractivity contribution in [3.05, 3.63) is 95.7 Å². The molecular weight excluding hydrogens is 510 g/mol. The molecule has 2 atom stereocenters. The number of hydrogen-bond acceptors (Lipinski definition) is 6. The van der Waals surface area contributed by atoms with Crippen molar-refractivity contribution in [2.75, 3.05) is 20.3 Å². The van der Waals surface area contributed by atoms with Crippen molar-refractivity contribution in [2.45, 2.75) is 30.8 Å². The van der Waals surface area contributed by atoms with E-state index >= 15 is 0 Å². The number of para-hydroxylation sites is 1. The third-order valence-electron chi connectivity index (χ3n) is 7.34. The minimum absolute atomic E-state index is 0.0426. The molecule has 4 aromatic rings. The number of aromatic nitrogens is 1. The summed E-state index contributed by atoms with van der Waals surface area (Å²) in [7, 11) is 1.31. The number of ether oxygens (including phenoxy) is 2. The Labute approximate surface area is 231 Å². The number of alkyl carbamates (subject to hydrolysis) is 1. The molecule has 1 amide bonds. The number of benzene rings is 3. The van der Waals surface area contributed by atoms with Gasteiger partial charge in [0.05, 0.1) is 7.11 Å². The van der Waals surface area contributed by atoms with Crippen LogP contribution in [-0.2, 0) is 25.5 Å². The zero-order chi connectivity index (χ0) is 28.1. The van der Waals surface area contributed by atoms with Gasteiger partial charge in [-0.25, -0.2) is 9.59 Å². The SMILES string of the molecule is COC(=O)[C@H](Cc1c[nH]c2ccccc12)NCCC(NC(=O)OCC1c2ccccc2-c2ccccc21)C(=O)O. The first-order valence-electron chi connectivity index (χ1n) is 13.2. The summed E-state index contributed by atoms with van der Waals surface area (Å²) in [5, 5.41) is 16.3. The molecule has 9 nitrogen and oxygen atoms in total. The van der Waals surface area contributed by atoms with Crippen LogP contribution < -0.4 is 10.6 Å². The number of hydrogen-bond donors (Lipinski definition) is 4. The maximum absolute atomic E-state index is 12.6. The molecule has 5 rings (SSSR count). The highest BCUT2D eigenvalue weighted by atomic mass is 16.5. The van der Waals surface area contributed by atoms with Crippen molar-refractivity contribution in [3.63, 3.8) is 0 Å². The molecule has 0 bridgehead atoms. The second kappa shape index (κ2) is 12.0. The summed E-state index contributed by atoms with van der Waals surface area (Å²) in [6.07, 6.45) is 1.44. The van der Waals surface area contributed by atoms with Crippen molar-refractivity contribution in [2.24, 2.45) is 0 Å². The Morgan fingerprint density at radius 1 is 0.925 bits per heavy atom. The van der Waals surface area contributed by atoms with E-state index in [0.717, 1.165) is 38.7 Å². The Bertz CT molecular complexity index is 1480. The van der Waals surface area contributed by atoms with E-state index < -0.39 is 30.1 Å². The lowest BCUT2D eigenvalue weighted by Crippen LogP contribution is -2.46. The fourth-order valence-electron chi connectivity index (χ4n) is 5.34. The van der Waals surface area contributed by atoms with Gasteiger partial charge in [-0.1, -0.05) is 66.7 Å². The number of carbonyl (C=O) groups excluding carboxylic acids is 2. The summed E-state index contributed by atoms with van der Waals surface area (Å²) in [5.74, 6) is -1.78. The van der Waals surface area contributed by atoms with E-state index in [1.807, 2.05) is 79.0 Å². The quantitative estimate of drug-likeness (QED) is 0.209. The first kappa shape index (κ1) is 27.0. The molecule has 206 valence electrons. The van der Waals surface area contributed by atoms with Crippen molar-refractivity contribution < 1.29 is 29.0 Å². The van der Waals surface area contributed by atoms with E-state index in [1.165, 1.54) is 7.11 Å². The number of aliphatic carboxylic acids is 1. The summed E-state index contributed by atoms with van der Waals surface area (Å²) < 4.78 is 10.5. The molecule has 3 aromatic carbocycles. The summed E-state index contributed by atoms with van der Waals surface area (Å²) in [6, 6.07) is 21.8. The maximum Gasteiger partial charge on any atom is 0.407 e. The van der Waals surface area contributed by atoms with Gasteiger partial charge >= 0.3 is 18.0 Å². The molecule has 0 spiro atoms. The Morgan fingerprint density at radius 3 is 2.25 bits per heavy atom. The number of rotatable bonds is 11. The van der Waals surface area contributed by atoms with Gasteiger partial charge < -0.3 is 30.2 Å². The third-order valence-corrected chi connectivity index (χ3v) is 7.34. The van der Waals surface area contributed by atoms with Crippen molar-refractivity contribution >= 4 is 28.9 Å². The number of fused-ring (bicyclic) bond motifs is 4. The first-order valence-corrected chi connectivity index (χ1v) is 13.2. The Morgan fingerprint density at radius 2 is 1.57 bits per heavy atom. The van der Waals surface area contributed by atoms with Crippen molar-refractivity contribution in [1.82, 2.24) is 15.6 Å². The average molecular weight is 542 g/mol. The molecule has 1 aliphatic rings. The minimum Gasteiger partial charge on any atom is -0.480 e. The number of carboxylic acids is 1. The number of aromatic amines is 1. The number of nitrogens with one attached hydrogen (secondary N) is 3.